The van der Waals surface area contributed by atoms with Gasteiger partial charge in [0.05, 0.1) is 13.2 Å². The molecular formula is C11H14O4. The predicted molar refractivity (Wildman–Crippen MR) is 55.1 cm³/mol. The molecule has 0 aromatic heterocycles. The highest BCUT2D eigenvalue weighted by Gasteiger charge is 2.04. The minimum absolute atomic E-state index is 0.0365. The van der Waals surface area contributed by atoms with E-state index in [1.807, 2.05) is 0 Å². The van der Waals surface area contributed by atoms with Crippen LogP contribution in [0.2, 0.25) is 0 Å². The van der Waals surface area contributed by atoms with Gasteiger partial charge in [0.15, 0.2) is 5.78 Å². The first kappa shape index (κ1) is 11.7. The fraction of sp³-hybridized carbons (Fsp3) is 0.364. The third-order valence-corrected chi connectivity index (χ3v) is 1.88. The maximum Gasteiger partial charge on any atom is 0.165 e. The van der Waals surface area contributed by atoms with E-state index in [9.17, 15) is 4.79 Å². The molecule has 0 saturated carbocycles. The van der Waals surface area contributed by atoms with E-state index >= 15 is 0 Å². The zero-order valence-corrected chi connectivity index (χ0v) is 8.35. The third-order valence-electron chi connectivity index (χ3n) is 1.88. The largest absolute Gasteiger partial charge is 0.491 e. The van der Waals surface area contributed by atoms with Crippen molar-refractivity contribution in [3.63, 3.8) is 0 Å². The van der Waals surface area contributed by atoms with Gasteiger partial charge in [-0.3, -0.25) is 4.79 Å². The molecule has 15 heavy (non-hydrogen) atoms. The molecule has 0 aliphatic carbocycles. The number of benzene rings is 1. The van der Waals surface area contributed by atoms with Crippen LogP contribution >= 0.6 is 0 Å². The monoisotopic (exact) mass is 210 g/mol. The van der Waals surface area contributed by atoms with Crippen molar-refractivity contribution in [2.24, 2.45) is 0 Å². The fourth-order valence-electron chi connectivity index (χ4n) is 1.15. The summed E-state index contributed by atoms with van der Waals surface area (Å²) in [5, 5.41) is 17.1. The van der Waals surface area contributed by atoms with E-state index in [0.29, 0.717) is 11.3 Å². The molecule has 0 spiro atoms. The van der Waals surface area contributed by atoms with Gasteiger partial charge in [-0.2, -0.15) is 0 Å². The highest BCUT2D eigenvalue weighted by Crippen LogP contribution is 2.13. The summed E-state index contributed by atoms with van der Waals surface area (Å²) in [6.45, 7) is 0.0662. The van der Waals surface area contributed by atoms with Crippen LogP contribution in [-0.2, 0) is 0 Å². The second kappa shape index (κ2) is 6.16. The van der Waals surface area contributed by atoms with Gasteiger partial charge in [0.1, 0.15) is 12.4 Å². The van der Waals surface area contributed by atoms with Crippen molar-refractivity contribution in [2.45, 2.75) is 6.42 Å². The normalized spacial score (nSPS) is 10.0. The summed E-state index contributed by atoms with van der Waals surface area (Å²) in [5.74, 6) is 0.524. The Hall–Kier alpha value is -1.39. The summed E-state index contributed by atoms with van der Waals surface area (Å²) < 4.78 is 5.14. The molecule has 1 rings (SSSR count). The average Bonchev–Trinajstić information content (AvgIpc) is 2.27. The first-order valence-corrected chi connectivity index (χ1v) is 4.75. The number of carbonyl (C=O) groups is 1. The van der Waals surface area contributed by atoms with Gasteiger partial charge in [-0.25, -0.2) is 0 Å². The number of hydrogen-bond donors (Lipinski definition) is 2. The number of aliphatic hydroxyl groups excluding tert-OH is 2. The van der Waals surface area contributed by atoms with Gasteiger partial charge in [0.2, 0.25) is 0 Å². The summed E-state index contributed by atoms with van der Waals surface area (Å²) in [4.78, 5) is 11.3. The Labute approximate surface area is 88.1 Å². The number of ether oxygens (including phenoxy) is 1. The van der Waals surface area contributed by atoms with Gasteiger partial charge < -0.3 is 14.9 Å². The van der Waals surface area contributed by atoms with Crippen LogP contribution in [0.15, 0.2) is 24.3 Å². The second-order valence-electron chi connectivity index (χ2n) is 2.99. The van der Waals surface area contributed by atoms with Crippen LogP contribution in [0.25, 0.3) is 0 Å². The van der Waals surface area contributed by atoms with Gasteiger partial charge in [-0.15, -0.1) is 0 Å². The molecule has 82 valence electrons. The molecule has 2 N–H and O–H groups in total. The first-order chi connectivity index (χ1) is 7.27. The molecule has 0 saturated heterocycles. The van der Waals surface area contributed by atoms with E-state index < -0.39 is 0 Å². The van der Waals surface area contributed by atoms with Gasteiger partial charge >= 0.3 is 0 Å². The highest BCUT2D eigenvalue weighted by atomic mass is 16.5. The van der Waals surface area contributed by atoms with Crippen LogP contribution in [0.1, 0.15) is 16.8 Å². The molecule has 0 aliphatic rings. The van der Waals surface area contributed by atoms with Crippen LogP contribution in [0.4, 0.5) is 0 Å². The minimum Gasteiger partial charge on any atom is -0.491 e. The van der Waals surface area contributed by atoms with Crippen molar-refractivity contribution in [3.05, 3.63) is 29.8 Å². The molecule has 0 atom stereocenters. The topological polar surface area (TPSA) is 66.8 Å². The molecule has 0 unspecified atom stereocenters. The Bertz CT molecular complexity index is 305. The summed E-state index contributed by atoms with van der Waals surface area (Å²) in [5.41, 5.74) is 0.556. The van der Waals surface area contributed by atoms with Crippen LogP contribution < -0.4 is 4.74 Å². The molecule has 0 radical (unpaired) electrons. The molecular weight excluding hydrogens is 196 g/mol. The summed E-state index contributed by atoms with van der Waals surface area (Å²) in [6.07, 6.45) is 0.136. The first-order valence-electron chi connectivity index (χ1n) is 4.75. The van der Waals surface area contributed by atoms with Crippen LogP contribution in [0, 0.1) is 0 Å². The van der Waals surface area contributed by atoms with Crippen molar-refractivity contribution >= 4 is 5.78 Å². The van der Waals surface area contributed by atoms with Crippen molar-refractivity contribution in [1.82, 2.24) is 0 Å². The van der Waals surface area contributed by atoms with E-state index in [1.165, 1.54) is 0 Å². The van der Waals surface area contributed by atoms with Crippen molar-refractivity contribution in [2.75, 3.05) is 19.8 Å². The molecule has 4 nitrogen and oxygen atoms in total. The average molecular weight is 210 g/mol. The third kappa shape index (κ3) is 3.69. The standard InChI is InChI=1S/C11H14O4/c12-6-5-11(14)9-1-3-10(4-2-9)15-8-7-13/h1-4,12-13H,5-8H2. The van der Waals surface area contributed by atoms with E-state index in [2.05, 4.69) is 0 Å². The molecule has 4 heteroatoms. The van der Waals surface area contributed by atoms with Gasteiger partial charge in [-0.05, 0) is 24.3 Å². The van der Waals surface area contributed by atoms with Crippen molar-refractivity contribution in [1.29, 1.82) is 0 Å². The number of hydrogen-bond acceptors (Lipinski definition) is 4. The van der Waals surface area contributed by atoms with E-state index in [4.69, 9.17) is 14.9 Å². The van der Waals surface area contributed by atoms with Gasteiger partial charge in [-0.1, -0.05) is 0 Å². The summed E-state index contributed by atoms with van der Waals surface area (Å²) >= 11 is 0. The number of rotatable bonds is 6. The zero-order chi connectivity index (χ0) is 11.1. The maximum atomic E-state index is 11.3. The lowest BCUT2D eigenvalue weighted by Gasteiger charge is -2.04. The molecule has 0 fully saturated rings. The van der Waals surface area contributed by atoms with Gasteiger partial charge in [0.25, 0.3) is 0 Å². The maximum absolute atomic E-state index is 11.3. The molecule has 0 aliphatic heterocycles. The zero-order valence-electron chi connectivity index (χ0n) is 8.35. The lowest BCUT2D eigenvalue weighted by Crippen LogP contribution is -2.03. The Morgan fingerprint density at radius 3 is 2.33 bits per heavy atom. The Balaban J connectivity index is 2.59. The SMILES string of the molecule is O=C(CCO)c1ccc(OCCO)cc1. The number of carbonyl (C=O) groups excluding carboxylic acids is 1. The number of ketones is 1. The van der Waals surface area contributed by atoms with Crippen LogP contribution in [0.3, 0.4) is 0 Å². The molecule has 1 aromatic rings. The summed E-state index contributed by atoms with van der Waals surface area (Å²) in [6, 6.07) is 6.62. The Kier molecular flexibility index (Phi) is 4.80. The lowest BCUT2D eigenvalue weighted by atomic mass is 10.1. The lowest BCUT2D eigenvalue weighted by molar-refractivity contribution is 0.0956. The second-order valence-corrected chi connectivity index (χ2v) is 2.99. The number of aliphatic hydroxyl groups is 2. The molecule has 1 aromatic carbocycles. The molecule has 0 heterocycles. The predicted octanol–water partition coefficient (Wildman–Crippen LogP) is 0.623. The molecule has 0 amide bonds. The van der Waals surface area contributed by atoms with E-state index in [1.54, 1.807) is 24.3 Å². The van der Waals surface area contributed by atoms with E-state index in [0.717, 1.165) is 0 Å². The quantitative estimate of drug-likeness (QED) is 0.675. The Morgan fingerprint density at radius 1 is 1.13 bits per heavy atom. The fourth-order valence-corrected chi connectivity index (χ4v) is 1.15. The van der Waals surface area contributed by atoms with Crippen molar-refractivity contribution in [3.8, 4) is 5.75 Å². The minimum atomic E-state index is -0.137. The highest BCUT2D eigenvalue weighted by molar-refractivity contribution is 5.96. The van der Waals surface area contributed by atoms with Gasteiger partial charge in [0, 0.05) is 12.0 Å². The number of Topliss-reactive ketones (excluding diaryl/α,β-unsaturated/α-hetero) is 1. The van der Waals surface area contributed by atoms with Crippen LogP contribution in [0.5, 0.6) is 5.75 Å². The summed E-state index contributed by atoms with van der Waals surface area (Å²) in [7, 11) is 0. The smallest absolute Gasteiger partial charge is 0.165 e. The molecule has 0 bridgehead atoms. The van der Waals surface area contributed by atoms with Crippen molar-refractivity contribution < 1.29 is 19.7 Å². The Morgan fingerprint density at radius 2 is 1.80 bits per heavy atom. The van der Waals surface area contributed by atoms with Crippen LogP contribution in [-0.4, -0.2) is 35.8 Å². The van der Waals surface area contributed by atoms with E-state index in [-0.39, 0.29) is 32.0 Å².